The highest BCUT2D eigenvalue weighted by molar-refractivity contribution is 8.00. The van der Waals surface area contributed by atoms with E-state index in [4.69, 9.17) is 0 Å². The van der Waals surface area contributed by atoms with Crippen molar-refractivity contribution in [2.75, 3.05) is 11.5 Å². The van der Waals surface area contributed by atoms with Gasteiger partial charge in [-0.1, -0.05) is 69.9 Å². The summed E-state index contributed by atoms with van der Waals surface area (Å²) >= 11 is 4.22. The second-order valence-corrected chi connectivity index (χ2v) is 14.8. The Morgan fingerprint density at radius 3 is 2.08 bits per heavy atom. The van der Waals surface area contributed by atoms with E-state index < -0.39 is 0 Å². The van der Waals surface area contributed by atoms with E-state index in [0.29, 0.717) is 10.8 Å². The van der Waals surface area contributed by atoms with Gasteiger partial charge in [-0.15, -0.1) is 0 Å². The Kier molecular flexibility index (Phi) is 11.8. The second kappa shape index (κ2) is 15.0. The second-order valence-electron chi connectivity index (χ2n) is 12.2. The first-order valence-electron chi connectivity index (χ1n) is 15.2. The number of carbonyl (C=O) groups is 2. The van der Waals surface area contributed by atoms with Crippen molar-refractivity contribution in [3.63, 3.8) is 0 Å². The fraction of sp³-hybridized carbons (Fsp3) is 0.750. The van der Waals surface area contributed by atoms with Crippen molar-refractivity contribution in [1.82, 2.24) is 5.32 Å². The number of rotatable bonds is 4. The molecule has 3 nitrogen and oxygen atoms in total. The van der Waals surface area contributed by atoms with Gasteiger partial charge in [0.25, 0.3) is 5.91 Å². The molecule has 1 heterocycles. The van der Waals surface area contributed by atoms with Gasteiger partial charge >= 0.3 is 0 Å². The molecule has 3 fully saturated rings. The molecule has 5 heteroatoms. The number of hydrogen-bond acceptors (Lipinski definition) is 4. The third kappa shape index (κ3) is 9.05. The molecule has 1 N–H and O–H groups in total. The Hall–Kier alpha value is -0.940. The number of carbonyl (C=O) groups excluding carboxylic acids is 2. The molecule has 1 aromatic carbocycles. The smallest absolute Gasteiger partial charge is 0.251 e. The van der Waals surface area contributed by atoms with Crippen LogP contribution < -0.4 is 5.32 Å². The van der Waals surface area contributed by atoms with Gasteiger partial charge in [0.2, 0.25) is 0 Å². The van der Waals surface area contributed by atoms with Gasteiger partial charge in [0, 0.05) is 45.1 Å². The molecule has 0 aromatic heterocycles. The normalized spacial score (nSPS) is 30.3. The van der Waals surface area contributed by atoms with Crippen LogP contribution in [0.25, 0.3) is 0 Å². The van der Waals surface area contributed by atoms with Crippen LogP contribution in [0.1, 0.15) is 124 Å². The summed E-state index contributed by atoms with van der Waals surface area (Å²) in [4.78, 5) is 26.2. The molecule has 1 aromatic rings. The molecule has 206 valence electrons. The Bertz CT molecular complexity index is 855. The lowest BCUT2D eigenvalue weighted by atomic mass is 9.90. The Balaban J connectivity index is 1.49. The molecule has 4 rings (SSSR count). The molecule has 1 amide bonds. The lowest BCUT2D eigenvalue weighted by Crippen LogP contribution is -2.30. The number of benzene rings is 1. The summed E-state index contributed by atoms with van der Waals surface area (Å²) < 4.78 is 0. The average Bonchev–Trinajstić information content (AvgIpc) is 3.26. The molecule has 2 aliphatic carbocycles. The third-order valence-corrected chi connectivity index (χ3v) is 11.9. The van der Waals surface area contributed by atoms with E-state index in [1.54, 1.807) is 0 Å². The third-order valence-electron chi connectivity index (χ3n) is 8.78. The maximum Gasteiger partial charge on any atom is 0.251 e. The average molecular weight is 544 g/mol. The van der Waals surface area contributed by atoms with Gasteiger partial charge in [-0.2, -0.15) is 23.5 Å². The highest BCUT2D eigenvalue weighted by atomic mass is 32.2. The first-order valence-corrected chi connectivity index (χ1v) is 17.3. The van der Waals surface area contributed by atoms with Crippen LogP contribution in [0.2, 0.25) is 0 Å². The van der Waals surface area contributed by atoms with Crippen molar-refractivity contribution in [3.05, 3.63) is 35.4 Å². The van der Waals surface area contributed by atoms with E-state index in [-0.39, 0.29) is 23.7 Å². The van der Waals surface area contributed by atoms with Crippen LogP contribution in [0.15, 0.2) is 24.3 Å². The van der Waals surface area contributed by atoms with Crippen molar-refractivity contribution in [1.29, 1.82) is 0 Å². The Labute approximate surface area is 234 Å². The van der Waals surface area contributed by atoms with Gasteiger partial charge in [0.15, 0.2) is 5.78 Å². The topological polar surface area (TPSA) is 46.2 Å². The number of amides is 1. The van der Waals surface area contributed by atoms with Crippen molar-refractivity contribution in [2.45, 2.75) is 120 Å². The quantitative estimate of drug-likeness (QED) is 0.386. The van der Waals surface area contributed by atoms with Crippen molar-refractivity contribution < 1.29 is 9.59 Å². The number of nitrogens with one attached hydrogen (secondary N) is 1. The molecular weight excluding hydrogens is 494 g/mol. The van der Waals surface area contributed by atoms with E-state index in [0.717, 1.165) is 34.2 Å². The zero-order chi connectivity index (χ0) is 26.0. The molecule has 4 unspecified atom stereocenters. The maximum atomic E-state index is 13.8. The zero-order valence-electron chi connectivity index (χ0n) is 23.2. The van der Waals surface area contributed by atoms with E-state index >= 15 is 0 Å². The summed E-state index contributed by atoms with van der Waals surface area (Å²) in [7, 11) is 0. The summed E-state index contributed by atoms with van der Waals surface area (Å²) in [6.45, 7) is 3.93. The summed E-state index contributed by atoms with van der Waals surface area (Å²) in [6.07, 6.45) is 19.3. The van der Waals surface area contributed by atoms with Crippen molar-refractivity contribution in [3.8, 4) is 0 Å². The Morgan fingerprint density at radius 1 is 0.757 bits per heavy atom. The van der Waals surface area contributed by atoms with E-state index in [2.05, 4.69) is 28.8 Å². The summed E-state index contributed by atoms with van der Waals surface area (Å²) in [5.74, 6) is 3.87. The summed E-state index contributed by atoms with van der Waals surface area (Å²) in [5.41, 5.74) is 1.40. The highest BCUT2D eigenvalue weighted by Crippen LogP contribution is 2.40. The minimum Gasteiger partial charge on any atom is -0.350 e. The summed E-state index contributed by atoms with van der Waals surface area (Å²) in [5, 5.41) is 4.38. The predicted octanol–water partition coefficient (Wildman–Crippen LogP) is 8.56. The monoisotopic (exact) mass is 543 g/mol. The minimum atomic E-state index is -0.0691. The largest absolute Gasteiger partial charge is 0.350 e. The van der Waals surface area contributed by atoms with Crippen LogP contribution in [0, 0.1) is 17.8 Å². The molecule has 5 atom stereocenters. The molecule has 0 spiro atoms. The van der Waals surface area contributed by atoms with Crippen molar-refractivity contribution in [2.24, 2.45) is 17.8 Å². The number of fused-ring (bicyclic) bond motifs is 3. The number of Topliss-reactive ketones (excluding diaryl/α,β-unsaturated/α-hetero) is 1. The molecule has 1 aliphatic heterocycles. The predicted molar refractivity (Wildman–Crippen MR) is 161 cm³/mol. The van der Waals surface area contributed by atoms with Gasteiger partial charge in [0.05, 0.1) is 0 Å². The summed E-state index contributed by atoms with van der Waals surface area (Å²) in [6, 6.07) is 7.52. The van der Waals surface area contributed by atoms with Crippen molar-refractivity contribution >= 4 is 35.2 Å². The van der Waals surface area contributed by atoms with Crippen LogP contribution in [-0.2, 0) is 0 Å². The van der Waals surface area contributed by atoms with Gasteiger partial charge in [-0.25, -0.2) is 0 Å². The molecule has 0 radical (unpaired) electrons. The highest BCUT2D eigenvalue weighted by Gasteiger charge is 2.30. The lowest BCUT2D eigenvalue weighted by Gasteiger charge is -2.28. The van der Waals surface area contributed by atoms with E-state index in [1.165, 1.54) is 89.9 Å². The number of thioether (sulfide) groups is 2. The van der Waals surface area contributed by atoms with Crippen LogP contribution in [-0.4, -0.2) is 39.7 Å². The molecule has 2 bridgehead atoms. The Morgan fingerprint density at radius 2 is 1.35 bits per heavy atom. The minimum absolute atomic E-state index is 0.0545. The zero-order valence-corrected chi connectivity index (χ0v) is 24.9. The van der Waals surface area contributed by atoms with Gasteiger partial charge < -0.3 is 5.32 Å². The number of ketones is 1. The van der Waals surface area contributed by atoms with Gasteiger partial charge in [-0.3, -0.25) is 9.59 Å². The molecule has 1 saturated heterocycles. The van der Waals surface area contributed by atoms with Gasteiger partial charge in [-0.05, 0) is 69.9 Å². The molecule has 2 saturated carbocycles. The van der Waals surface area contributed by atoms with Crippen LogP contribution in [0.4, 0.5) is 0 Å². The lowest BCUT2D eigenvalue weighted by molar-refractivity contribution is 0.0932. The van der Waals surface area contributed by atoms with E-state index in [1.807, 2.05) is 38.1 Å². The fourth-order valence-electron chi connectivity index (χ4n) is 6.62. The molecule has 37 heavy (non-hydrogen) atoms. The standard InChI is InChI=1S/C32H49NO2S2/c1-23(2)33-32(35)27-18-16-26(17-19-27)31(34)28-21-36-29-14-9-7-11-24(20-29)10-6-8-13-25-12-4-3-5-15-30(25)37-22-28/h16-19,23-25,28-30H,3-15,20-22H2,1-2H3,(H,33,35)/t24?,25?,28?,29-,30?/m0/s1. The van der Waals surface area contributed by atoms with Crippen LogP contribution in [0.5, 0.6) is 0 Å². The van der Waals surface area contributed by atoms with E-state index in [9.17, 15) is 9.59 Å². The molecular formula is C32H49NO2S2. The maximum absolute atomic E-state index is 13.8. The fourth-order valence-corrected chi connectivity index (χ4v) is 9.92. The molecule has 3 aliphatic rings. The van der Waals surface area contributed by atoms with Crippen LogP contribution in [0.3, 0.4) is 0 Å². The first-order chi connectivity index (χ1) is 18.0. The first kappa shape index (κ1) is 29.1. The van der Waals surface area contributed by atoms with Gasteiger partial charge in [0.1, 0.15) is 0 Å². The SMILES string of the molecule is CC(C)NC(=O)c1ccc(C(=O)C2CSC3CCCCCC3CCCCC3CCCC[C@@H](C3)SC2)cc1. The van der Waals surface area contributed by atoms with Crippen LogP contribution >= 0.6 is 23.5 Å². The number of hydrogen-bond donors (Lipinski definition) is 1.